The molecule has 1 aromatic heterocycles. The monoisotopic (exact) mass is 215 g/mol. The van der Waals surface area contributed by atoms with E-state index in [-0.39, 0.29) is 6.04 Å². The number of nitrogens with zero attached hydrogens (tertiary/aromatic N) is 2. The van der Waals surface area contributed by atoms with Crippen LogP contribution in [-0.2, 0) is 13.5 Å². The van der Waals surface area contributed by atoms with Crippen LogP contribution < -0.4 is 5.73 Å². The van der Waals surface area contributed by atoms with E-state index in [0.717, 1.165) is 17.9 Å². The van der Waals surface area contributed by atoms with E-state index in [4.69, 9.17) is 5.73 Å². The van der Waals surface area contributed by atoms with Gasteiger partial charge in [0.15, 0.2) is 0 Å². The molecule has 2 rings (SSSR count). The largest absolute Gasteiger partial charge is 0.334 e. The summed E-state index contributed by atoms with van der Waals surface area (Å²) in [5, 5.41) is 0. The summed E-state index contributed by atoms with van der Waals surface area (Å²) in [6.07, 6.45) is 2.69. The fourth-order valence-corrected chi connectivity index (χ4v) is 1.82. The Morgan fingerprint density at radius 1 is 1.31 bits per heavy atom. The number of imidazole rings is 1. The number of nitrogens with two attached hydrogens (primary N) is 1. The second-order valence-corrected chi connectivity index (χ2v) is 4.11. The van der Waals surface area contributed by atoms with E-state index in [1.54, 1.807) is 0 Å². The fourth-order valence-electron chi connectivity index (χ4n) is 1.82. The number of aromatic nitrogens is 2. The molecule has 3 heteroatoms. The van der Waals surface area contributed by atoms with E-state index < -0.39 is 0 Å². The van der Waals surface area contributed by atoms with Gasteiger partial charge in [0.2, 0.25) is 0 Å². The quantitative estimate of drug-likeness (QED) is 0.850. The van der Waals surface area contributed by atoms with Crippen molar-refractivity contribution in [3.05, 3.63) is 53.6 Å². The van der Waals surface area contributed by atoms with Gasteiger partial charge in [0.25, 0.3) is 0 Å². The van der Waals surface area contributed by atoms with Gasteiger partial charge in [0.1, 0.15) is 5.82 Å². The second kappa shape index (κ2) is 4.49. The first kappa shape index (κ1) is 10.9. The Balaban J connectivity index is 2.15. The minimum Gasteiger partial charge on any atom is -0.334 e. The maximum absolute atomic E-state index is 6.16. The SMILES string of the molecule is Cc1cnc([C@@H](N)Cc2ccccc2)n1C. The van der Waals surface area contributed by atoms with Gasteiger partial charge in [-0.3, -0.25) is 0 Å². The average molecular weight is 215 g/mol. The summed E-state index contributed by atoms with van der Waals surface area (Å²) in [7, 11) is 2.00. The summed E-state index contributed by atoms with van der Waals surface area (Å²) in [6.45, 7) is 2.03. The van der Waals surface area contributed by atoms with Crippen LogP contribution in [0, 0.1) is 6.92 Å². The lowest BCUT2D eigenvalue weighted by molar-refractivity contribution is 0.627. The van der Waals surface area contributed by atoms with Gasteiger partial charge in [0, 0.05) is 18.9 Å². The van der Waals surface area contributed by atoms with E-state index in [1.165, 1.54) is 5.56 Å². The summed E-state index contributed by atoms with van der Waals surface area (Å²) >= 11 is 0. The van der Waals surface area contributed by atoms with Gasteiger partial charge in [0.05, 0.1) is 6.04 Å². The third-order valence-corrected chi connectivity index (χ3v) is 2.89. The minimum absolute atomic E-state index is 0.0406. The Labute approximate surface area is 95.9 Å². The first-order valence-corrected chi connectivity index (χ1v) is 5.46. The Morgan fingerprint density at radius 3 is 2.56 bits per heavy atom. The summed E-state index contributed by atoms with van der Waals surface area (Å²) in [6, 6.07) is 10.2. The van der Waals surface area contributed by atoms with Gasteiger partial charge >= 0.3 is 0 Å². The van der Waals surface area contributed by atoms with Crippen molar-refractivity contribution in [2.75, 3.05) is 0 Å². The van der Waals surface area contributed by atoms with Crippen LogP contribution in [0.4, 0.5) is 0 Å². The predicted octanol–water partition coefficient (Wildman–Crippen LogP) is 1.97. The van der Waals surface area contributed by atoms with Crippen LogP contribution in [0.15, 0.2) is 36.5 Å². The lowest BCUT2D eigenvalue weighted by Gasteiger charge is -2.12. The van der Waals surface area contributed by atoms with E-state index in [9.17, 15) is 0 Å². The molecule has 3 nitrogen and oxygen atoms in total. The third kappa shape index (κ3) is 2.14. The number of benzene rings is 1. The normalized spacial score (nSPS) is 12.7. The number of hydrogen-bond donors (Lipinski definition) is 1. The Bertz CT molecular complexity index is 459. The molecule has 84 valence electrons. The van der Waals surface area contributed by atoms with Crippen molar-refractivity contribution in [1.29, 1.82) is 0 Å². The molecule has 0 aliphatic carbocycles. The van der Waals surface area contributed by atoms with Gasteiger partial charge in [-0.05, 0) is 18.9 Å². The first-order chi connectivity index (χ1) is 7.68. The third-order valence-electron chi connectivity index (χ3n) is 2.89. The minimum atomic E-state index is -0.0406. The zero-order valence-electron chi connectivity index (χ0n) is 9.72. The molecular weight excluding hydrogens is 198 g/mol. The molecule has 0 unspecified atom stereocenters. The van der Waals surface area contributed by atoms with Crippen LogP contribution in [0.5, 0.6) is 0 Å². The maximum atomic E-state index is 6.16. The molecule has 2 N–H and O–H groups in total. The summed E-state index contributed by atoms with van der Waals surface area (Å²) in [5.74, 6) is 0.946. The van der Waals surface area contributed by atoms with Crippen molar-refractivity contribution in [3.63, 3.8) is 0 Å². The first-order valence-electron chi connectivity index (χ1n) is 5.46. The van der Waals surface area contributed by atoms with Gasteiger partial charge in [-0.1, -0.05) is 30.3 Å². The van der Waals surface area contributed by atoms with Crippen molar-refractivity contribution in [2.45, 2.75) is 19.4 Å². The van der Waals surface area contributed by atoms with E-state index in [1.807, 2.05) is 42.9 Å². The van der Waals surface area contributed by atoms with Crippen LogP contribution in [-0.4, -0.2) is 9.55 Å². The fraction of sp³-hybridized carbons (Fsp3) is 0.308. The van der Waals surface area contributed by atoms with Crippen LogP contribution in [0.25, 0.3) is 0 Å². The van der Waals surface area contributed by atoms with E-state index in [2.05, 4.69) is 17.1 Å². The average Bonchev–Trinajstić information content (AvgIpc) is 2.61. The molecule has 0 spiro atoms. The summed E-state index contributed by atoms with van der Waals surface area (Å²) < 4.78 is 2.05. The Morgan fingerprint density at radius 2 is 2.00 bits per heavy atom. The lowest BCUT2D eigenvalue weighted by Crippen LogP contribution is -2.18. The highest BCUT2D eigenvalue weighted by molar-refractivity contribution is 5.18. The predicted molar refractivity (Wildman–Crippen MR) is 65.0 cm³/mol. The summed E-state index contributed by atoms with van der Waals surface area (Å²) in [5.41, 5.74) is 8.54. The molecule has 1 aromatic carbocycles. The van der Waals surface area contributed by atoms with Crippen LogP contribution >= 0.6 is 0 Å². The molecule has 0 aliphatic heterocycles. The van der Waals surface area contributed by atoms with Crippen LogP contribution in [0.3, 0.4) is 0 Å². The molecule has 2 aromatic rings. The van der Waals surface area contributed by atoms with Crippen molar-refractivity contribution in [1.82, 2.24) is 9.55 Å². The molecule has 1 atom stereocenters. The standard InChI is InChI=1S/C13H17N3/c1-10-9-15-13(16(10)2)12(14)8-11-6-4-3-5-7-11/h3-7,9,12H,8,14H2,1-2H3/t12-/m0/s1. The van der Waals surface area contributed by atoms with Crippen LogP contribution in [0.2, 0.25) is 0 Å². The zero-order chi connectivity index (χ0) is 11.5. The van der Waals surface area contributed by atoms with Gasteiger partial charge < -0.3 is 10.3 Å². The highest BCUT2D eigenvalue weighted by Crippen LogP contribution is 2.15. The smallest absolute Gasteiger partial charge is 0.125 e. The van der Waals surface area contributed by atoms with Gasteiger partial charge in [-0.2, -0.15) is 0 Å². The van der Waals surface area contributed by atoms with Crippen molar-refractivity contribution in [3.8, 4) is 0 Å². The zero-order valence-corrected chi connectivity index (χ0v) is 9.72. The van der Waals surface area contributed by atoms with Crippen molar-refractivity contribution in [2.24, 2.45) is 12.8 Å². The topological polar surface area (TPSA) is 43.8 Å². The van der Waals surface area contributed by atoms with Crippen molar-refractivity contribution >= 4 is 0 Å². The van der Waals surface area contributed by atoms with E-state index >= 15 is 0 Å². The highest BCUT2D eigenvalue weighted by Gasteiger charge is 2.12. The van der Waals surface area contributed by atoms with Crippen molar-refractivity contribution < 1.29 is 0 Å². The molecule has 0 radical (unpaired) electrons. The molecular formula is C13H17N3. The van der Waals surface area contributed by atoms with Gasteiger partial charge in [-0.15, -0.1) is 0 Å². The summed E-state index contributed by atoms with van der Waals surface area (Å²) in [4.78, 5) is 4.35. The Hall–Kier alpha value is -1.61. The van der Waals surface area contributed by atoms with Gasteiger partial charge in [-0.25, -0.2) is 4.98 Å². The molecule has 0 saturated carbocycles. The highest BCUT2D eigenvalue weighted by atomic mass is 15.1. The lowest BCUT2D eigenvalue weighted by atomic mass is 10.1. The molecule has 0 bridgehead atoms. The Kier molecular flexibility index (Phi) is 3.06. The molecule has 0 fully saturated rings. The number of rotatable bonds is 3. The van der Waals surface area contributed by atoms with Crippen LogP contribution in [0.1, 0.15) is 23.1 Å². The second-order valence-electron chi connectivity index (χ2n) is 4.11. The number of aryl methyl sites for hydroxylation is 1. The van der Waals surface area contributed by atoms with E-state index in [0.29, 0.717) is 0 Å². The molecule has 0 aliphatic rings. The number of hydrogen-bond acceptors (Lipinski definition) is 2. The molecule has 16 heavy (non-hydrogen) atoms. The molecule has 1 heterocycles. The molecule has 0 saturated heterocycles. The maximum Gasteiger partial charge on any atom is 0.125 e. The molecule has 0 amide bonds.